The maximum atomic E-state index is 20.1. The molecule has 2 N–H and O–H groups in total. The summed E-state index contributed by atoms with van der Waals surface area (Å²) in [6.45, 7) is 17.3. The van der Waals surface area contributed by atoms with Gasteiger partial charge in [0.15, 0.2) is 0 Å². The van der Waals surface area contributed by atoms with Gasteiger partial charge in [0.05, 0.1) is 0 Å². The molecule has 0 saturated carbocycles. The third-order valence-electron chi connectivity index (χ3n) is 19.6. The van der Waals surface area contributed by atoms with Crippen molar-refractivity contribution in [2.45, 2.75) is 309 Å². The number of nitrogens with zero attached hydrogens (tertiary/aromatic N) is 4. The van der Waals surface area contributed by atoms with E-state index in [9.17, 15) is 10.0 Å². The molecule has 1 aliphatic heterocycles. The van der Waals surface area contributed by atoms with Gasteiger partial charge in [-0.3, -0.25) is 0 Å². The molecule has 0 amide bonds. The van der Waals surface area contributed by atoms with Crippen LogP contribution in [0.25, 0.3) is 44.3 Å². The summed E-state index contributed by atoms with van der Waals surface area (Å²) in [7, 11) is -2.52. The minimum Gasteiger partial charge on any atom is -0.0654 e. The molecule has 1 saturated heterocycles. The summed E-state index contributed by atoms with van der Waals surface area (Å²) in [5.74, 6) is -0.663. The van der Waals surface area contributed by atoms with Crippen molar-refractivity contribution < 1.29 is 28.1 Å². The summed E-state index contributed by atoms with van der Waals surface area (Å²) in [6.07, 6.45) is 39.0. The molecule has 1 fully saturated rings. The van der Waals surface area contributed by atoms with Crippen LogP contribution in [0.4, 0.5) is 8.78 Å². The zero-order valence-electron chi connectivity index (χ0n) is 50.8. The van der Waals surface area contributed by atoms with E-state index in [0.717, 1.165) is 112 Å². The summed E-state index contributed by atoms with van der Waals surface area (Å²) in [5, 5.41) is 22.3. The number of unbranched alkanes of at least 4 members (excludes halogenated alkanes) is 28. The third-order valence-corrected chi connectivity index (χ3v) is 21.8. The molecule has 0 spiro atoms. The molecule has 3 aliphatic rings. The predicted molar refractivity (Wildman–Crippen MR) is 333 cm³/mol. The van der Waals surface area contributed by atoms with Crippen LogP contribution in [0.1, 0.15) is 309 Å². The number of aromatic nitrogens is 4. The van der Waals surface area contributed by atoms with Crippen molar-refractivity contribution in [3.63, 3.8) is 0 Å². The van der Waals surface area contributed by atoms with Crippen molar-refractivity contribution in [2.75, 3.05) is 0 Å². The minimum atomic E-state index is -1.81. The van der Waals surface area contributed by atoms with Crippen molar-refractivity contribution in [3.8, 4) is 22.3 Å². The van der Waals surface area contributed by atoms with E-state index in [4.69, 9.17) is 25.2 Å². The predicted octanol–water partition coefficient (Wildman–Crippen LogP) is 16.6. The van der Waals surface area contributed by atoms with Gasteiger partial charge in [-0.1, -0.05) is 79.1 Å². The molecule has 0 atom stereocenters. The fourth-order valence-electron chi connectivity index (χ4n) is 14.4. The van der Waals surface area contributed by atoms with Gasteiger partial charge in [-0.05, 0) is 0 Å². The zero-order valence-corrected chi connectivity index (χ0v) is 54.3. The summed E-state index contributed by atoms with van der Waals surface area (Å²) in [6, 6.07) is 4.12. The van der Waals surface area contributed by atoms with Gasteiger partial charge in [0, 0.05) is 0 Å². The first-order chi connectivity index (χ1) is 38.7. The second-order valence-corrected chi connectivity index (χ2v) is 28.1. The minimum absolute atomic E-state index is 0.291. The molecule has 0 radical (unpaired) electrons. The first-order valence-corrected chi connectivity index (χ1v) is 35.7. The van der Waals surface area contributed by atoms with E-state index < -0.39 is 66.2 Å². The quantitative estimate of drug-likeness (QED) is 0.0297. The van der Waals surface area contributed by atoms with Crippen LogP contribution in [0.5, 0.6) is 0 Å². The molecule has 440 valence electrons. The van der Waals surface area contributed by atoms with Crippen LogP contribution in [0.15, 0.2) is 12.1 Å². The topological polar surface area (TPSA) is 110 Å². The molecule has 2 aromatic heterocycles. The van der Waals surface area contributed by atoms with E-state index in [1.807, 2.05) is 6.07 Å². The number of benzene rings is 3. The van der Waals surface area contributed by atoms with Gasteiger partial charge in [-0.2, -0.15) is 0 Å². The van der Waals surface area contributed by atoms with Crippen molar-refractivity contribution >= 4 is 77.2 Å². The number of hydrogen-bond acceptors (Lipinski definition) is 8. The Kier molecular flexibility index (Phi) is 23.7. The van der Waals surface area contributed by atoms with Gasteiger partial charge in [0.1, 0.15) is 0 Å². The van der Waals surface area contributed by atoms with E-state index in [-0.39, 0.29) is 11.6 Å². The van der Waals surface area contributed by atoms with Crippen LogP contribution in [-0.4, -0.2) is 81.3 Å². The van der Waals surface area contributed by atoms with Gasteiger partial charge < -0.3 is 0 Å². The Labute approximate surface area is 495 Å². The third kappa shape index (κ3) is 13.5. The fourth-order valence-corrected chi connectivity index (χ4v) is 16.8. The van der Waals surface area contributed by atoms with E-state index in [1.165, 1.54) is 116 Å². The van der Waals surface area contributed by atoms with Crippen molar-refractivity contribution in [2.24, 2.45) is 0 Å². The maximum absolute atomic E-state index is 20.1. The summed E-state index contributed by atoms with van der Waals surface area (Å²) >= 11 is -1.07. The number of halogens is 2. The molecule has 0 bridgehead atoms. The average Bonchev–Trinajstić information content (AvgIpc) is 3.70. The van der Waals surface area contributed by atoms with Crippen LogP contribution in [0.3, 0.4) is 0 Å². The van der Waals surface area contributed by atoms with Crippen molar-refractivity contribution in [1.29, 1.82) is 0 Å². The van der Waals surface area contributed by atoms with E-state index in [2.05, 4.69) is 61.5 Å². The van der Waals surface area contributed by atoms with E-state index >= 15 is 8.78 Å². The Hall–Kier alpha value is -2.27. The molecule has 3 aromatic carbocycles. The molecule has 3 heterocycles. The Morgan fingerprint density at radius 1 is 0.425 bits per heavy atom. The van der Waals surface area contributed by atoms with Gasteiger partial charge in [-0.25, -0.2) is 0 Å². The fraction of sp³-hybridized carbons (Fsp3) is 0.727. The molecule has 8 nitrogen and oxygen atoms in total. The Morgan fingerprint density at radius 2 is 0.725 bits per heavy atom. The second kappa shape index (κ2) is 29.7. The molecule has 5 aromatic rings. The van der Waals surface area contributed by atoms with Crippen LogP contribution in [0.2, 0.25) is 0 Å². The second-order valence-electron chi connectivity index (χ2n) is 25.9. The average molecular weight is 1230 g/mol. The van der Waals surface area contributed by atoms with Crippen molar-refractivity contribution in [3.05, 3.63) is 46.0 Å². The molecule has 80 heavy (non-hydrogen) atoms. The molecular weight excluding hydrogens is 1130 g/mol. The molecule has 14 heteroatoms. The monoisotopic (exact) mass is 1230 g/mol. The van der Waals surface area contributed by atoms with E-state index in [0.29, 0.717) is 81.0 Å². The van der Waals surface area contributed by atoms with Gasteiger partial charge in [0.2, 0.25) is 0 Å². The molecular formula is C66H100B2F2N4O4Se2. The standard InChI is InChI=1S/C66H100B2F2N4O4Se2/c1-9-13-17-21-25-29-33-37-41-65(42-38-34-30-26-22-18-14-10-2)47-45-49(67(75)76)59-61(73-79-71-59)51(47)53-55(65)58(70)54-52-48(46-50(60-62(52)74-80-72-60)68-77-63(5,6)64(7,8)78-68)66(56(54)57(53)69,43-39-35-31-27-23-19-15-11-3)44-40-36-32-28-24-20-16-12-4/h45-46,75-76H,9-44H2,1-8H3. The first kappa shape index (κ1) is 63.7. The van der Waals surface area contributed by atoms with Crippen LogP contribution >= 0.6 is 0 Å². The molecule has 8 rings (SSSR count). The normalized spacial score (nSPS) is 16.3. The van der Waals surface area contributed by atoms with Crippen molar-refractivity contribution in [1.82, 2.24) is 15.9 Å². The van der Waals surface area contributed by atoms with Crippen LogP contribution < -0.4 is 10.9 Å². The Balaban J connectivity index is 1.35. The van der Waals surface area contributed by atoms with Gasteiger partial charge >= 0.3 is 419 Å². The van der Waals surface area contributed by atoms with Gasteiger partial charge in [0.25, 0.3) is 0 Å². The Bertz CT molecular complexity index is 2720. The number of fused-ring (bicyclic) bond motifs is 10. The van der Waals surface area contributed by atoms with Gasteiger partial charge in [-0.15, -0.1) is 0 Å². The first-order valence-electron chi connectivity index (χ1n) is 32.6. The Morgan fingerprint density at radius 3 is 1.07 bits per heavy atom. The van der Waals surface area contributed by atoms with E-state index in [1.54, 1.807) is 0 Å². The van der Waals surface area contributed by atoms with Crippen LogP contribution in [-0.2, 0) is 20.1 Å². The molecule has 0 unspecified atom stereocenters. The number of hydrogen-bond donors (Lipinski definition) is 2. The summed E-state index contributed by atoms with van der Waals surface area (Å²) in [5.41, 5.74) is 5.16. The number of rotatable bonds is 38. The van der Waals surface area contributed by atoms with Crippen LogP contribution in [0, 0.1) is 11.6 Å². The summed E-state index contributed by atoms with van der Waals surface area (Å²) in [4.78, 5) is 0. The molecule has 2 aliphatic carbocycles. The SMILES string of the molecule is CCCCCCCCCCC1(CCCCCCCCCC)c2cc(B(O)O)c3n[se]nc3c2-c2c(F)c3c(c(F)c21)-c1c(cc(B2OC(C)(C)C(C)(C)O2)c2n[se]nc12)C3(CCCCCCCCCC)CCCCCCCCCC. The zero-order chi connectivity index (χ0) is 56.9. The summed E-state index contributed by atoms with van der Waals surface area (Å²) < 4.78 is 74.2. The smallest absolute Gasteiger partial charge is 0.0654 e.